The van der Waals surface area contributed by atoms with Gasteiger partial charge in [-0.15, -0.1) is 11.3 Å². The molecule has 108 valence electrons. The first-order valence-corrected chi connectivity index (χ1v) is 8.30. The SMILES string of the molecule is C[C@@H](C(=O)NCc1ccsc1Br)c1cc2ccccc2o1. The topological polar surface area (TPSA) is 42.2 Å². The van der Waals surface area contributed by atoms with Gasteiger partial charge in [0.05, 0.1) is 9.70 Å². The smallest absolute Gasteiger partial charge is 0.230 e. The average molecular weight is 364 g/mol. The molecule has 0 aliphatic carbocycles. The number of amides is 1. The molecular formula is C16H14BrNO2S. The van der Waals surface area contributed by atoms with E-state index in [1.165, 1.54) is 0 Å². The van der Waals surface area contributed by atoms with Crippen molar-refractivity contribution in [3.05, 3.63) is 56.9 Å². The van der Waals surface area contributed by atoms with Gasteiger partial charge in [0, 0.05) is 11.9 Å². The predicted octanol–water partition coefficient (Wildman–Crippen LogP) is 4.68. The summed E-state index contributed by atoms with van der Waals surface area (Å²) in [6.07, 6.45) is 0. The van der Waals surface area contributed by atoms with Gasteiger partial charge in [-0.25, -0.2) is 0 Å². The fourth-order valence-electron chi connectivity index (χ4n) is 2.13. The van der Waals surface area contributed by atoms with Crippen LogP contribution in [0.1, 0.15) is 24.2 Å². The van der Waals surface area contributed by atoms with Crippen molar-refractivity contribution >= 4 is 44.1 Å². The first kappa shape index (κ1) is 14.4. The molecule has 2 heterocycles. The predicted molar refractivity (Wildman–Crippen MR) is 88.5 cm³/mol. The minimum absolute atomic E-state index is 0.0350. The van der Waals surface area contributed by atoms with Crippen molar-refractivity contribution < 1.29 is 9.21 Å². The molecule has 3 aromatic rings. The third kappa shape index (κ3) is 3.04. The number of benzene rings is 1. The van der Waals surface area contributed by atoms with Crippen molar-refractivity contribution in [2.75, 3.05) is 0 Å². The van der Waals surface area contributed by atoms with Crippen molar-refractivity contribution in [2.45, 2.75) is 19.4 Å². The number of para-hydroxylation sites is 1. The zero-order valence-electron chi connectivity index (χ0n) is 11.4. The summed E-state index contributed by atoms with van der Waals surface area (Å²) in [5.74, 6) is 0.347. The molecule has 0 bridgehead atoms. The fraction of sp³-hybridized carbons (Fsp3) is 0.188. The summed E-state index contributed by atoms with van der Waals surface area (Å²) in [7, 11) is 0. The molecule has 3 nitrogen and oxygen atoms in total. The van der Waals surface area contributed by atoms with Crippen molar-refractivity contribution in [2.24, 2.45) is 0 Å². The third-order valence-electron chi connectivity index (χ3n) is 3.41. The Labute approximate surface area is 135 Å². The minimum atomic E-state index is -0.310. The molecule has 2 aromatic heterocycles. The summed E-state index contributed by atoms with van der Waals surface area (Å²) >= 11 is 5.08. The maximum absolute atomic E-state index is 12.2. The van der Waals surface area contributed by atoms with Gasteiger partial charge in [-0.05, 0) is 52.0 Å². The molecule has 3 rings (SSSR count). The van der Waals surface area contributed by atoms with E-state index in [0.29, 0.717) is 12.3 Å². The Morgan fingerprint density at radius 3 is 2.90 bits per heavy atom. The molecule has 0 spiro atoms. The van der Waals surface area contributed by atoms with E-state index in [4.69, 9.17) is 4.42 Å². The number of carbonyl (C=O) groups excluding carboxylic acids is 1. The largest absolute Gasteiger partial charge is 0.460 e. The maximum atomic E-state index is 12.2. The van der Waals surface area contributed by atoms with Crippen LogP contribution in [0.5, 0.6) is 0 Å². The highest BCUT2D eigenvalue weighted by Crippen LogP contribution is 2.26. The summed E-state index contributed by atoms with van der Waals surface area (Å²) in [4.78, 5) is 12.2. The second-order valence-electron chi connectivity index (χ2n) is 4.85. The lowest BCUT2D eigenvalue weighted by atomic mass is 10.1. The lowest BCUT2D eigenvalue weighted by molar-refractivity contribution is -0.122. The van der Waals surface area contributed by atoms with Crippen LogP contribution >= 0.6 is 27.3 Å². The molecule has 0 aliphatic rings. The number of hydrogen-bond acceptors (Lipinski definition) is 3. The zero-order valence-corrected chi connectivity index (χ0v) is 13.8. The molecule has 0 fully saturated rings. The quantitative estimate of drug-likeness (QED) is 0.731. The van der Waals surface area contributed by atoms with Crippen LogP contribution < -0.4 is 5.32 Å². The van der Waals surface area contributed by atoms with Gasteiger partial charge in [-0.1, -0.05) is 18.2 Å². The summed E-state index contributed by atoms with van der Waals surface area (Å²) < 4.78 is 6.80. The van der Waals surface area contributed by atoms with Crippen LogP contribution in [0.2, 0.25) is 0 Å². The van der Waals surface area contributed by atoms with Crippen molar-refractivity contribution in [1.29, 1.82) is 0 Å². The summed E-state index contributed by atoms with van der Waals surface area (Å²) in [5, 5.41) is 5.96. The Balaban J connectivity index is 1.70. The number of furan rings is 1. The van der Waals surface area contributed by atoms with Crippen LogP contribution in [0.3, 0.4) is 0 Å². The lowest BCUT2D eigenvalue weighted by Gasteiger charge is -2.09. The number of rotatable bonds is 4. The van der Waals surface area contributed by atoms with Crippen LogP contribution in [-0.4, -0.2) is 5.91 Å². The first-order chi connectivity index (χ1) is 10.1. The summed E-state index contributed by atoms with van der Waals surface area (Å²) in [6.45, 7) is 2.38. The van der Waals surface area contributed by atoms with Crippen LogP contribution in [0.15, 0.2) is 50.0 Å². The normalized spacial score (nSPS) is 12.5. The minimum Gasteiger partial charge on any atom is -0.460 e. The summed E-state index contributed by atoms with van der Waals surface area (Å²) in [6, 6.07) is 11.7. The van der Waals surface area contributed by atoms with Gasteiger partial charge < -0.3 is 9.73 Å². The molecular weight excluding hydrogens is 350 g/mol. The van der Waals surface area contributed by atoms with Crippen LogP contribution in [0.4, 0.5) is 0 Å². The molecule has 1 aromatic carbocycles. The molecule has 0 aliphatic heterocycles. The van der Waals surface area contributed by atoms with E-state index in [-0.39, 0.29) is 11.8 Å². The molecule has 0 saturated carbocycles. The van der Waals surface area contributed by atoms with Gasteiger partial charge in [0.25, 0.3) is 0 Å². The van der Waals surface area contributed by atoms with Gasteiger partial charge >= 0.3 is 0 Å². The molecule has 1 atom stereocenters. The molecule has 0 radical (unpaired) electrons. The van der Waals surface area contributed by atoms with E-state index in [2.05, 4.69) is 21.2 Å². The second-order valence-corrected chi connectivity index (χ2v) is 7.08. The summed E-state index contributed by atoms with van der Waals surface area (Å²) in [5.41, 5.74) is 1.90. The number of thiophene rings is 1. The molecule has 0 saturated heterocycles. The molecule has 1 N–H and O–H groups in total. The number of hydrogen-bond donors (Lipinski definition) is 1. The van der Waals surface area contributed by atoms with Crippen molar-refractivity contribution in [3.63, 3.8) is 0 Å². The molecule has 1 amide bonds. The third-order valence-corrected chi connectivity index (χ3v) is 5.22. The van der Waals surface area contributed by atoms with Gasteiger partial charge in [0.2, 0.25) is 5.91 Å². The Kier molecular flexibility index (Phi) is 4.12. The number of halogens is 1. The van der Waals surface area contributed by atoms with Crippen LogP contribution in [0, 0.1) is 0 Å². The highest BCUT2D eigenvalue weighted by Gasteiger charge is 2.19. The van der Waals surface area contributed by atoms with E-state index in [1.54, 1.807) is 11.3 Å². The Morgan fingerprint density at radius 2 is 2.19 bits per heavy atom. The number of carbonyl (C=O) groups is 1. The highest BCUT2D eigenvalue weighted by molar-refractivity contribution is 9.11. The first-order valence-electron chi connectivity index (χ1n) is 6.63. The molecule has 21 heavy (non-hydrogen) atoms. The number of nitrogens with one attached hydrogen (secondary N) is 1. The second kappa shape index (κ2) is 6.03. The van der Waals surface area contributed by atoms with Gasteiger partial charge in [-0.3, -0.25) is 4.79 Å². The van der Waals surface area contributed by atoms with E-state index in [9.17, 15) is 4.79 Å². The van der Waals surface area contributed by atoms with Gasteiger partial charge in [0.15, 0.2) is 0 Å². The van der Waals surface area contributed by atoms with Crippen molar-refractivity contribution in [3.8, 4) is 0 Å². The molecule has 5 heteroatoms. The monoisotopic (exact) mass is 363 g/mol. The Bertz CT molecular complexity index is 744. The van der Waals surface area contributed by atoms with Crippen LogP contribution in [0.25, 0.3) is 11.0 Å². The fourth-order valence-corrected chi connectivity index (χ4v) is 3.37. The maximum Gasteiger partial charge on any atom is 0.230 e. The number of fused-ring (bicyclic) bond motifs is 1. The highest BCUT2D eigenvalue weighted by atomic mass is 79.9. The molecule has 0 unspecified atom stereocenters. The van der Waals surface area contributed by atoms with E-state index < -0.39 is 0 Å². The van der Waals surface area contributed by atoms with E-state index >= 15 is 0 Å². The Morgan fingerprint density at radius 1 is 1.38 bits per heavy atom. The lowest BCUT2D eigenvalue weighted by Crippen LogP contribution is -2.27. The van der Waals surface area contributed by atoms with E-state index in [0.717, 1.165) is 20.3 Å². The Hall–Kier alpha value is -1.59. The van der Waals surface area contributed by atoms with Gasteiger partial charge in [-0.2, -0.15) is 0 Å². The standard InChI is InChI=1S/C16H14BrNO2S/c1-10(14-8-11-4-2-3-5-13(11)20-14)16(19)18-9-12-6-7-21-15(12)17/h2-8,10H,9H2,1H3,(H,18,19)/t10-/m1/s1. The van der Waals surface area contributed by atoms with Gasteiger partial charge in [0.1, 0.15) is 11.3 Å². The zero-order chi connectivity index (χ0) is 14.8. The van der Waals surface area contributed by atoms with E-state index in [1.807, 2.05) is 48.7 Å². The van der Waals surface area contributed by atoms with Crippen molar-refractivity contribution in [1.82, 2.24) is 5.32 Å². The van der Waals surface area contributed by atoms with Crippen LogP contribution in [-0.2, 0) is 11.3 Å². The average Bonchev–Trinajstić information content (AvgIpc) is 3.09.